The fraction of sp³-hybridized carbons (Fsp3) is 0.333. The number of ether oxygens (including phenoxy) is 1. The summed E-state index contributed by atoms with van der Waals surface area (Å²) >= 11 is 0. The van der Waals surface area contributed by atoms with Crippen LogP contribution in [0.25, 0.3) is 0 Å². The number of hydrogen-bond donors (Lipinski definition) is 2. The number of benzene rings is 2. The number of aromatic nitrogens is 1. The molecule has 1 aliphatic heterocycles. The number of nitrogen functional groups attached to an aromatic ring is 1. The van der Waals surface area contributed by atoms with Gasteiger partial charge in [0.2, 0.25) is 12.3 Å². The molecule has 0 saturated carbocycles. The molecule has 178 valence electrons. The van der Waals surface area contributed by atoms with E-state index in [1.54, 1.807) is 0 Å². The standard InChI is InChI=1S/C27H33N5O2/c1-2-32(18-23-12-8-11-22(15-23)17-31-13-6-7-14-31)24-16-25(30-27(28)26(24)29-20-33)34-19-21-9-4-3-5-10-21/h3-5,8-12,15-16,20H,2,6-7,13-14,17-19H2,1H3,(H2,28,30)(H,29,33). The lowest BCUT2D eigenvalue weighted by atomic mass is 10.1. The maximum atomic E-state index is 11.3. The molecule has 2 aromatic carbocycles. The van der Waals surface area contributed by atoms with Gasteiger partial charge in [0.25, 0.3) is 0 Å². The quantitative estimate of drug-likeness (QED) is 0.413. The first-order valence-corrected chi connectivity index (χ1v) is 11.9. The van der Waals surface area contributed by atoms with Gasteiger partial charge in [-0.3, -0.25) is 9.69 Å². The number of nitrogens with one attached hydrogen (secondary N) is 1. The Balaban J connectivity index is 1.55. The van der Waals surface area contributed by atoms with E-state index in [0.29, 0.717) is 31.1 Å². The first-order valence-electron chi connectivity index (χ1n) is 11.9. The van der Waals surface area contributed by atoms with E-state index in [9.17, 15) is 4.79 Å². The molecule has 0 aliphatic carbocycles. The van der Waals surface area contributed by atoms with Gasteiger partial charge in [-0.1, -0.05) is 54.6 Å². The van der Waals surface area contributed by atoms with Crippen molar-refractivity contribution in [3.63, 3.8) is 0 Å². The minimum absolute atomic E-state index is 0.230. The van der Waals surface area contributed by atoms with Crippen LogP contribution in [0.15, 0.2) is 60.7 Å². The summed E-state index contributed by atoms with van der Waals surface area (Å²) in [6, 6.07) is 20.5. The molecule has 0 spiro atoms. The number of pyridine rings is 1. The van der Waals surface area contributed by atoms with Gasteiger partial charge >= 0.3 is 0 Å². The van der Waals surface area contributed by atoms with Crippen molar-refractivity contribution in [3.05, 3.63) is 77.4 Å². The fourth-order valence-corrected chi connectivity index (χ4v) is 4.40. The maximum Gasteiger partial charge on any atom is 0.217 e. The molecule has 1 fully saturated rings. The molecule has 3 aromatic rings. The van der Waals surface area contributed by atoms with Crippen LogP contribution in [0.1, 0.15) is 36.5 Å². The molecule has 0 atom stereocenters. The molecule has 1 saturated heterocycles. The number of amides is 1. The average Bonchev–Trinajstić information content (AvgIpc) is 3.37. The number of nitrogens with zero attached hydrogens (tertiary/aromatic N) is 3. The van der Waals surface area contributed by atoms with Gasteiger partial charge < -0.3 is 20.7 Å². The number of nitrogens with two attached hydrogens (primary N) is 1. The molecular weight excluding hydrogens is 426 g/mol. The Morgan fingerprint density at radius 2 is 1.79 bits per heavy atom. The maximum absolute atomic E-state index is 11.3. The third-order valence-corrected chi connectivity index (χ3v) is 6.13. The molecule has 34 heavy (non-hydrogen) atoms. The van der Waals surface area contributed by atoms with Crippen LogP contribution in [-0.2, 0) is 24.5 Å². The smallest absolute Gasteiger partial charge is 0.217 e. The Morgan fingerprint density at radius 1 is 1.06 bits per heavy atom. The van der Waals surface area contributed by atoms with Crippen molar-refractivity contribution in [2.75, 3.05) is 35.6 Å². The second kappa shape index (κ2) is 11.5. The van der Waals surface area contributed by atoms with Gasteiger partial charge in [0.15, 0.2) is 5.82 Å². The Hall–Kier alpha value is -3.58. The molecular formula is C27H33N5O2. The largest absolute Gasteiger partial charge is 0.473 e. The summed E-state index contributed by atoms with van der Waals surface area (Å²) in [6.45, 7) is 7.21. The summed E-state index contributed by atoms with van der Waals surface area (Å²) in [5.41, 5.74) is 11.1. The number of anilines is 3. The van der Waals surface area contributed by atoms with Crippen molar-refractivity contribution in [2.45, 2.75) is 39.5 Å². The minimum atomic E-state index is 0.230. The fourth-order valence-electron chi connectivity index (χ4n) is 4.40. The Bertz CT molecular complexity index is 1080. The summed E-state index contributed by atoms with van der Waals surface area (Å²) in [4.78, 5) is 20.3. The van der Waals surface area contributed by atoms with Gasteiger partial charge in [-0.2, -0.15) is 4.98 Å². The van der Waals surface area contributed by atoms with Crippen LogP contribution in [0.2, 0.25) is 0 Å². The van der Waals surface area contributed by atoms with Gasteiger partial charge in [0.1, 0.15) is 12.3 Å². The van der Waals surface area contributed by atoms with Crippen molar-refractivity contribution in [3.8, 4) is 5.88 Å². The summed E-state index contributed by atoms with van der Waals surface area (Å²) in [6.07, 6.45) is 3.20. The van der Waals surface area contributed by atoms with E-state index in [2.05, 4.69) is 51.3 Å². The lowest BCUT2D eigenvalue weighted by Crippen LogP contribution is -2.24. The summed E-state index contributed by atoms with van der Waals surface area (Å²) in [7, 11) is 0. The second-order valence-electron chi connectivity index (χ2n) is 8.59. The van der Waals surface area contributed by atoms with E-state index in [1.807, 2.05) is 36.4 Å². The van der Waals surface area contributed by atoms with Crippen LogP contribution >= 0.6 is 0 Å². The average molecular weight is 460 g/mol. The van der Waals surface area contributed by atoms with E-state index in [4.69, 9.17) is 10.5 Å². The summed E-state index contributed by atoms with van der Waals surface area (Å²) in [5.74, 6) is 0.655. The van der Waals surface area contributed by atoms with E-state index in [1.165, 1.54) is 37.1 Å². The molecule has 4 rings (SSSR count). The van der Waals surface area contributed by atoms with Gasteiger partial charge in [-0.25, -0.2) is 0 Å². The van der Waals surface area contributed by atoms with Gasteiger partial charge in [-0.05, 0) is 49.5 Å². The topological polar surface area (TPSA) is 83.7 Å². The predicted octanol–water partition coefficient (Wildman–Crippen LogP) is 4.43. The van der Waals surface area contributed by atoms with Crippen LogP contribution in [0, 0.1) is 0 Å². The number of carbonyl (C=O) groups is 1. The minimum Gasteiger partial charge on any atom is -0.473 e. The van der Waals surface area contributed by atoms with E-state index in [0.717, 1.165) is 24.3 Å². The van der Waals surface area contributed by atoms with Crippen LogP contribution in [0.4, 0.5) is 17.2 Å². The van der Waals surface area contributed by atoms with Crippen molar-refractivity contribution in [1.82, 2.24) is 9.88 Å². The molecule has 0 bridgehead atoms. The molecule has 7 nitrogen and oxygen atoms in total. The molecule has 2 heterocycles. The van der Waals surface area contributed by atoms with Crippen LogP contribution in [0.5, 0.6) is 5.88 Å². The molecule has 1 aliphatic rings. The Labute approximate surface area is 201 Å². The summed E-state index contributed by atoms with van der Waals surface area (Å²) < 4.78 is 5.95. The lowest BCUT2D eigenvalue weighted by molar-refractivity contribution is -0.105. The molecule has 1 aromatic heterocycles. The molecule has 0 unspecified atom stereocenters. The number of carbonyl (C=O) groups excluding carboxylic acids is 1. The van der Waals surface area contributed by atoms with Crippen molar-refractivity contribution in [2.24, 2.45) is 0 Å². The van der Waals surface area contributed by atoms with Crippen molar-refractivity contribution >= 4 is 23.6 Å². The SMILES string of the molecule is CCN(Cc1cccc(CN2CCCC2)c1)c1cc(OCc2ccccc2)nc(N)c1NC=O. The highest BCUT2D eigenvalue weighted by Gasteiger charge is 2.18. The molecule has 7 heteroatoms. The van der Waals surface area contributed by atoms with Crippen LogP contribution < -0.4 is 20.7 Å². The molecule has 1 amide bonds. The highest BCUT2D eigenvalue weighted by molar-refractivity contribution is 5.88. The van der Waals surface area contributed by atoms with Crippen LogP contribution in [0.3, 0.4) is 0 Å². The first kappa shape index (κ1) is 23.6. The Kier molecular flexibility index (Phi) is 7.99. The third-order valence-electron chi connectivity index (χ3n) is 6.13. The highest BCUT2D eigenvalue weighted by Crippen LogP contribution is 2.35. The van der Waals surface area contributed by atoms with Crippen molar-refractivity contribution in [1.29, 1.82) is 0 Å². The number of likely N-dealkylation sites (tertiary alicyclic amines) is 1. The zero-order valence-corrected chi connectivity index (χ0v) is 19.7. The van der Waals surface area contributed by atoms with E-state index in [-0.39, 0.29) is 5.82 Å². The monoisotopic (exact) mass is 459 g/mol. The normalized spacial score (nSPS) is 13.6. The van der Waals surface area contributed by atoms with Crippen molar-refractivity contribution < 1.29 is 9.53 Å². The van der Waals surface area contributed by atoms with Gasteiger partial charge in [0, 0.05) is 25.7 Å². The Morgan fingerprint density at radius 3 is 2.53 bits per heavy atom. The lowest BCUT2D eigenvalue weighted by Gasteiger charge is -2.27. The van der Waals surface area contributed by atoms with E-state index < -0.39 is 0 Å². The van der Waals surface area contributed by atoms with Gasteiger partial charge in [0.05, 0.1) is 5.69 Å². The number of hydrogen-bond acceptors (Lipinski definition) is 6. The van der Waals surface area contributed by atoms with Crippen LogP contribution in [-0.4, -0.2) is 35.9 Å². The first-order chi connectivity index (χ1) is 16.7. The summed E-state index contributed by atoms with van der Waals surface area (Å²) in [5, 5.41) is 2.73. The highest BCUT2D eigenvalue weighted by atomic mass is 16.5. The van der Waals surface area contributed by atoms with Gasteiger partial charge in [-0.15, -0.1) is 0 Å². The second-order valence-corrected chi connectivity index (χ2v) is 8.59. The third kappa shape index (κ3) is 6.05. The zero-order valence-electron chi connectivity index (χ0n) is 19.7. The zero-order chi connectivity index (χ0) is 23.8. The molecule has 3 N–H and O–H groups in total. The number of rotatable bonds is 11. The molecule has 0 radical (unpaired) electrons. The van der Waals surface area contributed by atoms with E-state index >= 15 is 0 Å². The predicted molar refractivity (Wildman–Crippen MR) is 137 cm³/mol.